The highest BCUT2D eigenvalue weighted by atomic mass is 32.2. The van der Waals surface area contributed by atoms with E-state index in [1.54, 1.807) is 0 Å². The molecule has 0 aliphatic heterocycles. The lowest BCUT2D eigenvalue weighted by Crippen LogP contribution is -2.38. The lowest BCUT2D eigenvalue weighted by atomic mass is 10.2. The zero-order valence-corrected chi connectivity index (χ0v) is 11.7. The molecule has 1 aromatic heterocycles. The molecule has 0 fully saturated rings. The van der Waals surface area contributed by atoms with Crippen LogP contribution < -0.4 is 15.8 Å². The van der Waals surface area contributed by atoms with Crippen LogP contribution in [-0.4, -0.2) is 32.4 Å². The number of pyridine rings is 1. The molecule has 0 bridgehead atoms. The minimum Gasteiger partial charge on any atom is -0.384 e. The summed E-state index contributed by atoms with van der Waals surface area (Å²) in [7, 11) is -3.75. The molecule has 0 aromatic carbocycles. The Bertz CT molecular complexity index is 543. The van der Waals surface area contributed by atoms with Gasteiger partial charge in [0.05, 0.1) is 11.4 Å². The van der Waals surface area contributed by atoms with Crippen LogP contribution in [0.5, 0.6) is 0 Å². The van der Waals surface area contributed by atoms with Crippen molar-refractivity contribution in [3.8, 4) is 0 Å². The molecule has 0 aliphatic rings. The van der Waals surface area contributed by atoms with E-state index >= 15 is 0 Å². The normalized spacial score (nSPS) is 11.5. The number of hydrogen-bond acceptors (Lipinski definition) is 5. The summed E-state index contributed by atoms with van der Waals surface area (Å²) in [4.78, 5) is 15.1. The van der Waals surface area contributed by atoms with E-state index in [2.05, 4.69) is 15.0 Å². The van der Waals surface area contributed by atoms with Gasteiger partial charge in [-0.1, -0.05) is 13.8 Å². The zero-order valence-electron chi connectivity index (χ0n) is 10.9. The van der Waals surface area contributed by atoms with E-state index in [-0.39, 0.29) is 23.2 Å². The maximum absolute atomic E-state index is 11.9. The van der Waals surface area contributed by atoms with Crippen LogP contribution in [-0.2, 0) is 14.8 Å². The second-order valence-corrected chi connectivity index (χ2v) is 6.21. The van der Waals surface area contributed by atoms with E-state index in [0.29, 0.717) is 12.5 Å². The molecule has 7 nitrogen and oxygen atoms in total. The predicted octanol–water partition coefficient (Wildman–Crippen LogP) is -0.286. The van der Waals surface area contributed by atoms with Gasteiger partial charge in [0.2, 0.25) is 15.9 Å². The topological polar surface area (TPSA) is 114 Å². The zero-order chi connectivity index (χ0) is 14.5. The molecule has 106 valence electrons. The minimum atomic E-state index is -3.75. The molecule has 0 atom stereocenters. The standard InChI is InChI=1S/C11H18N4O3S/c1-8(2)6-14-11(16)7-15-19(17,18)9-3-4-13-10(12)5-9/h3-5,8,15H,6-7H2,1-2H3,(H2,12,13)(H,14,16). The number of nitrogens with two attached hydrogens (primary N) is 1. The van der Waals surface area contributed by atoms with Crippen LogP contribution in [0.4, 0.5) is 5.82 Å². The van der Waals surface area contributed by atoms with Gasteiger partial charge in [-0.2, -0.15) is 0 Å². The largest absolute Gasteiger partial charge is 0.384 e. The molecule has 0 spiro atoms. The number of sulfonamides is 1. The Balaban J connectivity index is 2.59. The Labute approximate surface area is 112 Å². The molecule has 0 aliphatic carbocycles. The highest BCUT2D eigenvalue weighted by Crippen LogP contribution is 2.09. The molecular weight excluding hydrogens is 268 g/mol. The monoisotopic (exact) mass is 286 g/mol. The number of anilines is 1. The van der Waals surface area contributed by atoms with Crippen molar-refractivity contribution in [3.05, 3.63) is 18.3 Å². The van der Waals surface area contributed by atoms with Gasteiger partial charge in [0, 0.05) is 18.8 Å². The second kappa shape index (κ2) is 6.48. The van der Waals surface area contributed by atoms with Gasteiger partial charge in [-0.3, -0.25) is 4.79 Å². The van der Waals surface area contributed by atoms with Gasteiger partial charge >= 0.3 is 0 Å². The fraction of sp³-hybridized carbons (Fsp3) is 0.455. The summed E-state index contributed by atoms with van der Waals surface area (Å²) in [6.07, 6.45) is 1.29. The van der Waals surface area contributed by atoms with E-state index in [9.17, 15) is 13.2 Å². The van der Waals surface area contributed by atoms with Crippen LogP contribution in [0.15, 0.2) is 23.2 Å². The van der Waals surface area contributed by atoms with Crippen LogP contribution in [0.25, 0.3) is 0 Å². The van der Waals surface area contributed by atoms with Gasteiger partial charge in [0.1, 0.15) is 5.82 Å². The third kappa shape index (κ3) is 5.23. The number of nitrogens with one attached hydrogen (secondary N) is 2. The minimum absolute atomic E-state index is 0.0170. The Morgan fingerprint density at radius 3 is 2.74 bits per heavy atom. The molecule has 1 heterocycles. The van der Waals surface area contributed by atoms with Crippen molar-refractivity contribution in [3.63, 3.8) is 0 Å². The molecular formula is C11H18N4O3S. The number of amides is 1. The van der Waals surface area contributed by atoms with Crippen molar-refractivity contribution in [2.24, 2.45) is 5.92 Å². The van der Waals surface area contributed by atoms with E-state index in [1.165, 1.54) is 18.3 Å². The highest BCUT2D eigenvalue weighted by molar-refractivity contribution is 7.89. The Hall–Kier alpha value is -1.67. The highest BCUT2D eigenvalue weighted by Gasteiger charge is 2.15. The van der Waals surface area contributed by atoms with Crippen molar-refractivity contribution >= 4 is 21.7 Å². The fourth-order valence-electron chi connectivity index (χ4n) is 1.22. The first-order chi connectivity index (χ1) is 8.81. The van der Waals surface area contributed by atoms with E-state index in [4.69, 9.17) is 5.73 Å². The van der Waals surface area contributed by atoms with Gasteiger partial charge < -0.3 is 11.1 Å². The molecule has 1 rings (SSSR count). The van der Waals surface area contributed by atoms with Gasteiger partial charge in [0.15, 0.2) is 0 Å². The lowest BCUT2D eigenvalue weighted by Gasteiger charge is -2.09. The van der Waals surface area contributed by atoms with Crippen molar-refractivity contribution in [2.45, 2.75) is 18.7 Å². The molecule has 8 heteroatoms. The maximum Gasteiger partial charge on any atom is 0.241 e. The van der Waals surface area contributed by atoms with Crippen molar-refractivity contribution in [1.29, 1.82) is 0 Å². The summed E-state index contributed by atoms with van der Waals surface area (Å²) in [5.74, 6) is 0.0343. The molecule has 0 unspecified atom stereocenters. The van der Waals surface area contributed by atoms with Gasteiger partial charge in [-0.15, -0.1) is 0 Å². The Kier molecular flexibility index (Phi) is 5.25. The van der Waals surface area contributed by atoms with E-state index in [0.717, 1.165) is 0 Å². The van der Waals surface area contributed by atoms with Crippen LogP contribution in [0.1, 0.15) is 13.8 Å². The fourth-order valence-corrected chi connectivity index (χ4v) is 2.22. The summed E-state index contributed by atoms with van der Waals surface area (Å²) >= 11 is 0. The average Bonchev–Trinajstić information content (AvgIpc) is 2.34. The maximum atomic E-state index is 11.9. The number of nitrogens with zero attached hydrogens (tertiary/aromatic N) is 1. The number of hydrogen-bond donors (Lipinski definition) is 3. The summed E-state index contributed by atoms with van der Waals surface area (Å²) in [5.41, 5.74) is 5.41. The van der Waals surface area contributed by atoms with Crippen LogP contribution in [0.3, 0.4) is 0 Å². The van der Waals surface area contributed by atoms with E-state index in [1.807, 2.05) is 13.8 Å². The van der Waals surface area contributed by atoms with Crippen molar-refractivity contribution in [2.75, 3.05) is 18.8 Å². The summed E-state index contributed by atoms with van der Waals surface area (Å²) in [6, 6.07) is 2.54. The quantitative estimate of drug-likeness (QED) is 0.665. The van der Waals surface area contributed by atoms with Gasteiger partial charge in [-0.05, 0) is 12.0 Å². The third-order valence-corrected chi connectivity index (χ3v) is 3.59. The number of aromatic nitrogens is 1. The van der Waals surface area contributed by atoms with E-state index < -0.39 is 10.0 Å². The summed E-state index contributed by atoms with van der Waals surface area (Å²) in [6.45, 7) is 4.09. The van der Waals surface area contributed by atoms with Gasteiger partial charge in [0.25, 0.3) is 0 Å². The average molecular weight is 286 g/mol. The first kappa shape index (κ1) is 15.4. The summed E-state index contributed by atoms with van der Waals surface area (Å²) in [5, 5.41) is 2.61. The summed E-state index contributed by atoms with van der Waals surface area (Å²) < 4.78 is 25.9. The van der Waals surface area contributed by atoms with Crippen LogP contribution in [0.2, 0.25) is 0 Å². The van der Waals surface area contributed by atoms with Crippen LogP contribution >= 0.6 is 0 Å². The Morgan fingerprint density at radius 1 is 1.47 bits per heavy atom. The molecule has 4 N–H and O–H groups in total. The third-order valence-electron chi connectivity index (χ3n) is 2.19. The van der Waals surface area contributed by atoms with Crippen molar-refractivity contribution in [1.82, 2.24) is 15.0 Å². The number of carbonyl (C=O) groups excluding carboxylic acids is 1. The van der Waals surface area contributed by atoms with Crippen LogP contribution in [0, 0.1) is 5.92 Å². The number of carbonyl (C=O) groups is 1. The SMILES string of the molecule is CC(C)CNC(=O)CNS(=O)(=O)c1ccnc(N)c1. The molecule has 1 amide bonds. The second-order valence-electron chi connectivity index (χ2n) is 4.44. The first-order valence-electron chi connectivity index (χ1n) is 5.79. The molecule has 0 radical (unpaired) electrons. The molecule has 1 aromatic rings. The smallest absolute Gasteiger partial charge is 0.241 e. The molecule has 0 saturated heterocycles. The number of nitrogen functional groups attached to an aromatic ring is 1. The van der Waals surface area contributed by atoms with Gasteiger partial charge in [-0.25, -0.2) is 18.1 Å². The molecule has 0 saturated carbocycles. The molecule has 19 heavy (non-hydrogen) atoms. The lowest BCUT2D eigenvalue weighted by molar-refractivity contribution is -0.120. The Morgan fingerprint density at radius 2 is 2.16 bits per heavy atom. The predicted molar refractivity (Wildman–Crippen MR) is 71.7 cm³/mol. The van der Waals surface area contributed by atoms with Crippen molar-refractivity contribution < 1.29 is 13.2 Å². The number of rotatable bonds is 6. The first-order valence-corrected chi connectivity index (χ1v) is 7.27.